The first-order valence-corrected chi connectivity index (χ1v) is 5.93. The van der Waals surface area contributed by atoms with Gasteiger partial charge < -0.3 is 9.29 Å². The third-order valence-electron chi connectivity index (χ3n) is 1.47. The Kier molecular flexibility index (Phi) is 6.70. The molecule has 94 valence electrons. The Labute approximate surface area is 93.7 Å². The monoisotopic (exact) mass is 254 g/mol. The van der Waals surface area contributed by atoms with Crippen molar-refractivity contribution in [2.45, 2.75) is 18.6 Å². The molecule has 1 N–H and O–H groups in total. The summed E-state index contributed by atoms with van der Waals surface area (Å²) in [6.45, 7) is 4.23. The zero-order valence-corrected chi connectivity index (χ0v) is 9.60. The molecule has 1 unspecified atom stereocenters. The molecule has 7 nitrogen and oxygen atoms in total. The SMILES string of the molecule is C=CCC(CO)S(=O)(=O)OC(=O)OOCC. The van der Waals surface area contributed by atoms with Crippen LogP contribution < -0.4 is 0 Å². The molecule has 0 spiro atoms. The van der Waals surface area contributed by atoms with Gasteiger partial charge in [-0.25, -0.2) is 0 Å². The molecule has 0 aromatic carbocycles. The number of rotatable bonds is 7. The van der Waals surface area contributed by atoms with E-state index in [4.69, 9.17) is 5.11 Å². The summed E-state index contributed by atoms with van der Waals surface area (Å²) in [5.41, 5.74) is 0. The summed E-state index contributed by atoms with van der Waals surface area (Å²) < 4.78 is 26.7. The molecule has 0 aromatic rings. The van der Waals surface area contributed by atoms with Gasteiger partial charge in [-0.2, -0.15) is 18.1 Å². The summed E-state index contributed by atoms with van der Waals surface area (Å²) in [6, 6.07) is 0. The van der Waals surface area contributed by atoms with Crippen LogP contribution in [0.4, 0.5) is 4.79 Å². The summed E-state index contributed by atoms with van der Waals surface area (Å²) in [5.74, 6) is 0. The zero-order chi connectivity index (χ0) is 12.6. The lowest BCUT2D eigenvalue weighted by Gasteiger charge is -2.11. The van der Waals surface area contributed by atoms with Crippen molar-refractivity contribution in [3.63, 3.8) is 0 Å². The van der Waals surface area contributed by atoms with Crippen LogP contribution in [0.15, 0.2) is 12.7 Å². The fourth-order valence-corrected chi connectivity index (χ4v) is 1.66. The number of carbonyl (C=O) groups excluding carboxylic acids is 1. The molecule has 0 heterocycles. The van der Waals surface area contributed by atoms with Crippen molar-refractivity contribution in [1.82, 2.24) is 0 Å². The Morgan fingerprint density at radius 3 is 2.62 bits per heavy atom. The van der Waals surface area contributed by atoms with Crippen molar-refractivity contribution in [3.05, 3.63) is 12.7 Å². The Hall–Kier alpha value is -1.12. The van der Waals surface area contributed by atoms with Crippen molar-refractivity contribution in [2.75, 3.05) is 13.2 Å². The van der Waals surface area contributed by atoms with Crippen LogP contribution in [0.2, 0.25) is 0 Å². The highest BCUT2D eigenvalue weighted by molar-refractivity contribution is 7.87. The van der Waals surface area contributed by atoms with Crippen LogP contribution in [0.1, 0.15) is 13.3 Å². The van der Waals surface area contributed by atoms with Crippen LogP contribution in [0.5, 0.6) is 0 Å². The standard InChI is InChI=1S/C8H14O7S/c1-3-5-7(6-9)16(11,12)15-8(10)14-13-4-2/h3,7,9H,1,4-6H2,2H3. The van der Waals surface area contributed by atoms with E-state index in [1.54, 1.807) is 0 Å². The second kappa shape index (κ2) is 7.20. The van der Waals surface area contributed by atoms with E-state index in [0.29, 0.717) is 0 Å². The molecule has 0 aliphatic rings. The van der Waals surface area contributed by atoms with Gasteiger partial charge in [-0.15, -0.1) is 6.58 Å². The molecule has 0 fully saturated rings. The van der Waals surface area contributed by atoms with Gasteiger partial charge in [0, 0.05) is 0 Å². The normalized spacial score (nSPS) is 12.9. The van der Waals surface area contributed by atoms with E-state index >= 15 is 0 Å². The molecule has 0 aliphatic carbocycles. The molecule has 0 aliphatic heterocycles. The van der Waals surface area contributed by atoms with Gasteiger partial charge in [0.15, 0.2) is 0 Å². The Morgan fingerprint density at radius 1 is 1.56 bits per heavy atom. The number of aliphatic hydroxyl groups excluding tert-OH is 1. The minimum absolute atomic E-state index is 0.0409. The lowest BCUT2D eigenvalue weighted by Crippen LogP contribution is -2.29. The van der Waals surface area contributed by atoms with Crippen LogP contribution in [0.3, 0.4) is 0 Å². The maximum atomic E-state index is 11.3. The second-order valence-corrected chi connectivity index (χ2v) is 4.46. The van der Waals surface area contributed by atoms with Gasteiger partial charge in [0.25, 0.3) is 0 Å². The van der Waals surface area contributed by atoms with E-state index in [-0.39, 0.29) is 13.0 Å². The molecule has 16 heavy (non-hydrogen) atoms. The molecule has 0 saturated carbocycles. The third kappa shape index (κ3) is 5.10. The minimum atomic E-state index is -4.24. The van der Waals surface area contributed by atoms with Crippen molar-refractivity contribution < 1.29 is 32.3 Å². The first kappa shape index (κ1) is 14.9. The summed E-state index contributed by atoms with van der Waals surface area (Å²) in [5, 5.41) is 7.54. The second-order valence-electron chi connectivity index (χ2n) is 2.64. The van der Waals surface area contributed by atoms with E-state index in [2.05, 4.69) is 20.5 Å². The highest BCUT2D eigenvalue weighted by atomic mass is 32.2. The molecule has 0 radical (unpaired) electrons. The van der Waals surface area contributed by atoms with E-state index < -0.39 is 28.1 Å². The fourth-order valence-electron chi connectivity index (χ4n) is 0.753. The maximum Gasteiger partial charge on any atom is 0.556 e. The first-order chi connectivity index (χ1) is 7.47. The molecule has 0 rings (SSSR count). The van der Waals surface area contributed by atoms with Gasteiger partial charge in [0.1, 0.15) is 5.25 Å². The van der Waals surface area contributed by atoms with Gasteiger partial charge in [0.05, 0.1) is 13.2 Å². The maximum absolute atomic E-state index is 11.3. The van der Waals surface area contributed by atoms with Crippen molar-refractivity contribution >= 4 is 16.3 Å². The molecule has 0 bridgehead atoms. The van der Waals surface area contributed by atoms with E-state index in [0.717, 1.165) is 0 Å². The largest absolute Gasteiger partial charge is 0.556 e. The zero-order valence-electron chi connectivity index (χ0n) is 8.79. The topological polar surface area (TPSA) is 99.1 Å². The molecule has 0 aromatic heterocycles. The van der Waals surface area contributed by atoms with Gasteiger partial charge >= 0.3 is 16.3 Å². The van der Waals surface area contributed by atoms with E-state index in [1.165, 1.54) is 13.0 Å². The summed E-state index contributed by atoms with van der Waals surface area (Å²) in [6.07, 6.45) is -0.250. The van der Waals surface area contributed by atoms with Crippen LogP contribution >= 0.6 is 0 Å². The predicted molar refractivity (Wildman–Crippen MR) is 53.8 cm³/mol. The number of aliphatic hydroxyl groups is 1. The fraction of sp³-hybridized carbons (Fsp3) is 0.625. The van der Waals surface area contributed by atoms with Crippen LogP contribution in [-0.4, -0.2) is 38.1 Å². The molecule has 0 saturated heterocycles. The molecule has 1 atom stereocenters. The average Bonchev–Trinajstić information content (AvgIpc) is 2.22. The lowest BCUT2D eigenvalue weighted by atomic mass is 10.3. The number of allylic oxidation sites excluding steroid dienone is 1. The van der Waals surface area contributed by atoms with Crippen molar-refractivity contribution in [1.29, 1.82) is 0 Å². The van der Waals surface area contributed by atoms with Gasteiger partial charge in [-0.05, 0) is 13.3 Å². The molecule has 0 amide bonds. The van der Waals surface area contributed by atoms with Gasteiger partial charge in [0.2, 0.25) is 0 Å². The predicted octanol–water partition coefficient (Wildman–Crippen LogP) is 0.358. The summed E-state index contributed by atoms with van der Waals surface area (Å²) in [4.78, 5) is 18.9. The van der Waals surface area contributed by atoms with E-state index in [9.17, 15) is 13.2 Å². The number of hydrogen-bond donors (Lipinski definition) is 1. The first-order valence-electron chi connectivity index (χ1n) is 4.46. The Bertz CT molecular complexity index is 321. The highest BCUT2D eigenvalue weighted by Crippen LogP contribution is 2.10. The van der Waals surface area contributed by atoms with Gasteiger partial charge in [-0.1, -0.05) is 6.08 Å². The average molecular weight is 254 g/mol. The van der Waals surface area contributed by atoms with Crippen LogP contribution in [0.25, 0.3) is 0 Å². The lowest BCUT2D eigenvalue weighted by molar-refractivity contribution is -0.244. The summed E-state index contributed by atoms with van der Waals surface area (Å²) >= 11 is 0. The molecule has 8 heteroatoms. The number of carbonyl (C=O) groups is 1. The molecular formula is C8H14O7S. The Balaban J connectivity index is 4.42. The smallest absolute Gasteiger partial charge is 0.395 e. The minimum Gasteiger partial charge on any atom is -0.395 e. The number of hydrogen-bond acceptors (Lipinski definition) is 7. The van der Waals surface area contributed by atoms with Crippen molar-refractivity contribution in [3.8, 4) is 0 Å². The summed E-state index contributed by atoms with van der Waals surface area (Å²) in [7, 11) is -4.24. The highest BCUT2D eigenvalue weighted by Gasteiger charge is 2.29. The van der Waals surface area contributed by atoms with Crippen LogP contribution in [0, 0.1) is 0 Å². The quantitative estimate of drug-likeness (QED) is 0.303. The van der Waals surface area contributed by atoms with E-state index in [1.807, 2.05) is 0 Å². The third-order valence-corrected chi connectivity index (χ3v) is 3.00. The van der Waals surface area contributed by atoms with Crippen molar-refractivity contribution in [2.24, 2.45) is 0 Å². The van der Waals surface area contributed by atoms with Crippen LogP contribution in [-0.2, 0) is 24.1 Å². The molecular weight excluding hydrogens is 240 g/mol. The Morgan fingerprint density at radius 2 is 2.19 bits per heavy atom. The van der Waals surface area contributed by atoms with Gasteiger partial charge in [-0.3, -0.25) is 4.89 Å².